The standard InChI is InChI=1S/C34H35N9O2/c1-40-31-25(12-22(15-29(31)45-3)34(44)43-17-21-8-11-26(43)30(21)35)37-33(40)28-14-20-7-9-23(36-32(20)42(28)16-18-4-5-18)19-6-10-24-27(13-19)41(2)39-38-24/h6-7,9-10,12-15,18,21,26,30H,4-5,8,11,16-17,35H2,1-3H3/t21-,26-,30-/m1/s1. The number of likely N-dealkylation sites (tertiary alicyclic amines) is 1. The molecule has 2 aliphatic carbocycles. The van der Waals surface area contributed by atoms with Gasteiger partial charge in [0.25, 0.3) is 5.91 Å². The Balaban J connectivity index is 1.16. The lowest BCUT2D eigenvalue weighted by molar-refractivity contribution is 0.0700. The number of hydrogen-bond acceptors (Lipinski definition) is 7. The van der Waals surface area contributed by atoms with Gasteiger partial charge in [-0.25, -0.2) is 14.6 Å². The van der Waals surface area contributed by atoms with Crippen LogP contribution in [0.15, 0.2) is 48.5 Å². The lowest BCUT2D eigenvalue weighted by Crippen LogP contribution is -2.41. The van der Waals surface area contributed by atoms with Gasteiger partial charge in [0.2, 0.25) is 0 Å². The summed E-state index contributed by atoms with van der Waals surface area (Å²) in [5, 5.41) is 9.44. The van der Waals surface area contributed by atoms with Gasteiger partial charge in [-0.05, 0) is 80.0 Å². The number of benzene rings is 2. The van der Waals surface area contributed by atoms with E-state index in [9.17, 15) is 4.79 Å². The molecule has 3 atom stereocenters. The monoisotopic (exact) mass is 601 g/mol. The minimum atomic E-state index is 0.00437. The number of piperidine rings is 1. The summed E-state index contributed by atoms with van der Waals surface area (Å²) in [6.07, 6.45) is 4.50. The van der Waals surface area contributed by atoms with E-state index >= 15 is 0 Å². The first-order valence-corrected chi connectivity index (χ1v) is 15.8. The molecule has 5 heterocycles. The van der Waals surface area contributed by atoms with E-state index in [2.05, 4.69) is 49.8 Å². The molecule has 11 nitrogen and oxygen atoms in total. The SMILES string of the molecule is COc1cc(C(=O)N2C[C@H]3CC[C@@H]2[C@@H]3N)cc2nc(-c3cc4ccc(-c5ccc6nnn(C)c6c5)nc4n3CC3CC3)n(C)c12. The number of hydrogen-bond donors (Lipinski definition) is 1. The Kier molecular flexibility index (Phi) is 5.69. The highest BCUT2D eigenvalue weighted by atomic mass is 16.5. The van der Waals surface area contributed by atoms with Crippen LogP contribution in [0.3, 0.4) is 0 Å². The van der Waals surface area contributed by atoms with Gasteiger partial charge in [-0.15, -0.1) is 5.10 Å². The summed E-state index contributed by atoms with van der Waals surface area (Å²) in [6, 6.07) is 16.5. The number of rotatable bonds is 6. The number of amides is 1. The molecule has 2 saturated carbocycles. The lowest BCUT2D eigenvalue weighted by atomic mass is 10.1. The van der Waals surface area contributed by atoms with Crippen LogP contribution in [0.4, 0.5) is 0 Å². The number of methoxy groups -OCH3 is 1. The Morgan fingerprint density at radius 1 is 1.00 bits per heavy atom. The predicted molar refractivity (Wildman–Crippen MR) is 172 cm³/mol. The van der Waals surface area contributed by atoms with Crippen LogP contribution < -0.4 is 10.5 Å². The molecule has 0 radical (unpaired) electrons. The van der Waals surface area contributed by atoms with Gasteiger partial charge in [-0.1, -0.05) is 11.3 Å². The molecule has 1 saturated heterocycles. The second kappa shape index (κ2) is 9.61. The van der Waals surface area contributed by atoms with Crippen LogP contribution >= 0.6 is 0 Å². The number of ether oxygens (including phenoxy) is 1. The van der Waals surface area contributed by atoms with E-state index in [4.69, 9.17) is 20.4 Å². The molecule has 0 spiro atoms. The van der Waals surface area contributed by atoms with Gasteiger partial charge in [-0.2, -0.15) is 0 Å². The molecule has 1 amide bonds. The zero-order valence-corrected chi connectivity index (χ0v) is 25.6. The summed E-state index contributed by atoms with van der Waals surface area (Å²) in [5.74, 6) is 2.47. The van der Waals surface area contributed by atoms with Gasteiger partial charge in [0.05, 0.1) is 29.5 Å². The van der Waals surface area contributed by atoms with Gasteiger partial charge < -0.3 is 24.5 Å². The highest BCUT2D eigenvalue weighted by Gasteiger charge is 2.47. The maximum atomic E-state index is 13.7. The van der Waals surface area contributed by atoms with Crippen LogP contribution in [-0.2, 0) is 20.6 Å². The molecular weight excluding hydrogens is 566 g/mol. The quantitative estimate of drug-likeness (QED) is 0.298. The van der Waals surface area contributed by atoms with E-state index in [-0.39, 0.29) is 18.0 Å². The van der Waals surface area contributed by atoms with Crippen molar-refractivity contribution in [2.24, 2.45) is 31.7 Å². The van der Waals surface area contributed by atoms with Crippen molar-refractivity contribution in [2.75, 3.05) is 13.7 Å². The van der Waals surface area contributed by atoms with E-state index in [1.807, 2.05) is 37.2 Å². The zero-order chi connectivity index (χ0) is 30.6. The van der Waals surface area contributed by atoms with Gasteiger partial charge in [0, 0.05) is 55.8 Å². The fraction of sp³-hybridized carbons (Fsp3) is 0.382. The Hall–Kier alpha value is -4.77. The molecule has 11 heteroatoms. The third-order valence-corrected chi connectivity index (χ3v) is 10.3. The molecule has 2 N–H and O–H groups in total. The summed E-state index contributed by atoms with van der Waals surface area (Å²) in [4.78, 5) is 26.1. The molecule has 2 bridgehead atoms. The van der Waals surface area contributed by atoms with E-state index in [1.165, 1.54) is 12.8 Å². The predicted octanol–water partition coefficient (Wildman–Crippen LogP) is 4.52. The van der Waals surface area contributed by atoms with Crippen molar-refractivity contribution >= 4 is 39.0 Å². The second-order valence-corrected chi connectivity index (χ2v) is 13.1. The molecule has 3 aliphatic rings. The summed E-state index contributed by atoms with van der Waals surface area (Å²) >= 11 is 0. The van der Waals surface area contributed by atoms with Crippen molar-refractivity contribution < 1.29 is 9.53 Å². The average Bonchev–Trinajstić information content (AvgIpc) is 3.26. The summed E-state index contributed by atoms with van der Waals surface area (Å²) in [5.41, 5.74) is 14.3. The molecule has 9 rings (SSSR count). The van der Waals surface area contributed by atoms with Crippen LogP contribution in [-0.4, -0.2) is 70.6 Å². The molecule has 6 aromatic rings. The van der Waals surface area contributed by atoms with Gasteiger partial charge in [0.15, 0.2) is 5.82 Å². The Morgan fingerprint density at radius 3 is 2.62 bits per heavy atom. The normalized spacial score (nSPS) is 21.2. The Morgan fingerprint density at radius 2 is 1.87 bits per heavy atom. The lowest BCUT2D eigenvalue weighted by Gasteiger charge is -2.27. The van der Waals surface area contributed by atoms with Gasteiger partial charge in [-0.3, -0.25) is 4.79 Å². The topological polar surface area (TPSA) is 122 Å². The molecular formula is C34H35N9O2. The highest BCUT2D eigenvalue weighted by molar-refractivity contribution is 6.00. The van der Waals surface area contributed by atoms with E-state index in [1.54, 1.807) is 11.8 Å². The number of aromatic nitrogens is 7. The number of carbonyl (C=O) groups is 1. The fourth-order valence-corrected chi connectivity index (χ4v) is 7.67. The van der Waals surface area contributed by atoms with Crippen molar-refractivity contribution in [1.82, 2.24) is 39.0 Å². The first kappa shape index (κ1) is 26.6. The number of carbonyl (C=O) groups excluding carboxylic acids is 1. The van der Waals surface area contributed by atoms with Crippen molar-refractivity contribution in [3.05, 3.63) is 54.1 Å². The third-order valence-electron chi connectivity index (χ3n) is 10.3. The van der Waals surface area contributed by atoms with E-state index in [0.717, 1.165) is 81.8 Å². The minimum absolute atomic E-state index is 0.00437. The zero-order valence-electron chi connectivity index (χ0n) is 25.6. The maximum absolute atomic E-state index is 13.7. The Bertz CT molecular complexity index is 2170. The number of fused-ring (bicyclic) bond motifs is 5. The smallest absolute Gasteiger partial charge is 0.254 e. The van der Waals surface area contributed by atoms with Crippen molar-refractivity contribution in [3.63, 3.8) is 0 Å². The molecule has 228 valence electrons. The molecule has 4 aromatic heterocycles. The van der Waals surface area contributed by atoms with Crippen molar-refractivity contribution in [2.45, 2.75) is 44.3 Å². The number of aryl methyl sites for hydroxylation is 2. The summed E-state index contributed by atoms with van der Waals surface area (Å²) in [6.45, 7) is 1.60. The summed E-state index contributed by atoms with van der Waals surface area (Å²) < 4.78 is 12.1. The van der Waals surface area contributed by atoms with Crippen molar-refractivity contribution in [3.8, 4) is 28.5 Å². The van der Waals surface area contributed by atoms with Crippen molar-refractivity contribution in [1.29, 1.82) is 0 Å². The number of nitrogens with two attached hydrogens (primary N) is 1. The van der Waals surface area contributed by atoms with Gasteiger partial charge >= 0.3 is 0 Å². The molecule has 2 aromatic carbocycles. The summed E-state index contributed by atoms with van der Waals surface area (Å²) in [7, 11) is 5.57. The van der Waals surface area contributed by atoms with Crippen LogP contribution in [0.5, 0.6) is 5.75 Å². The minimum Gasteiger partial charge on any atom is -0.494 e. The fourth-order valence-electron chi connectivity index (χ4n) is 7.67. The van der Waals surface area contributed by atoms with Crippen LogP contribution in [0, 0.1) is 11.8 Å². The second-order valence-electron chi connectivity index (χ2n) is 13.1. The number of imidazole rings is 1. The molecule has 0 unspecified atom stereocenters. The van der Waals surface area contributed by atoms with Crippen LogP contribution in [0.25, 0.3) is 55.9 Å². The molecule has 45 heavy (non-hydrogen) atoms. The first-order valence-electron chi connectivity index (χ1n) is 15.8. The average molecular weight is 602 g/mol. The van der Waals surface area contributed by atoms with E-state index in [0.29, 0.717) is 23.1 Å². The van der Waals surface area contributed by atoms with E-state index < -0.39 is 0 Å². The van der Waals surface area contributed by atoms with Gasteiger partial charge in [0.1, 0.15) is 22.4 Å². The first-order chi connectivity index (χ1) is 21.9. The van der Waals surface area contributed by atoms with Crippen LogP contribution in [0.2, 0.25) is 0 Å². The van der Waals surface area contributed by atoms with Crippen LogP contribution in [0.1, 0.15) is 36.0 Å². The number of nitrogens with zero attached hydrogens (tertiary/aromatic N) is 8. The number of pyridine rings is 1. The highest BCUT2D eigenvalue weighted by Crippen LogP contribution is 2.40. The molecule has 1 aliphatic heterocycles. The molecule has 3 fully saturated rings. The maximum Gasteiger partial charge on any atom is 0.254 e. The third kappa shape index (κ3) is 4.03. The Labute approximate surface area is 259 Å². The largest absolute Gasteiger partial charge is 0.494 e.